The lowest BCUT2D eigenvalue weighted by Gasteiger charge is -2.11. The minimum atomic E-state index is -3.20. The van der Waals surface area contributed by atoms with E-state index >= 15 is 0 Å². The fourth-order valence-electron chi connectivity index (χ4n) is 1.93. The normalized spacial score (nSPS) is 11.5. The van der Waals surface area contributed by atoms with Crippen LogP contribution in [0.15, 0.2) is 41.6 Å². The standard InChI is InChI=1S/C14H19N3O2S/c1-3-20(18,19)14-7-5-4-6-13(14)15-8-9-17-11-12(2)10-16-17/h4-7,10-11,15H,3,8-9H2,1-2H3. The highest BCUT2D eigenvalue weighted by Crippen LogP contribution is 2.21. The van der Waals surface area contributed by atoms with Crippen LogP contribution in [-0.2, 0) is 16.4 Å². The van der Waals surface area contributed by atoms with Crippen LogP contribution in [-0.4, -0.2) is 30.5 Å². The quantitative estimate of drug-likeness (QED) is 0.886. The molecular formula is C14H19N3O2S. The van der Waals surface area contributed by atoms with Gasteiger partial charge in [0.25, 0.3) is 0 Å². The smallest absolute Gasteiger partial charge is 0.180 e. The van der Waals surface area contributed by atoms with Crippen molar-refractivity contribution in [3.8, 4) is 0 Å². The Morgan fingerprint density at radius 2 is 2.05 bits per heavy atom. The van der Waals surface area contributed by atoms with Crippen LogP contribution < -0.4 is 5.32 Å². The molecule has 0 unspecified atom stereocenters. The lowest BCUT2D eigenvalue weighted by atomic mass is 10.3. The largest absolute Gasteiger partial charge is 0.382 e. The molecule has 5 nitrogen and oxygen atoms in total. The van der Waals surface area contributed by atoms with Gasteiger partial charge in [0.05, 0.1) is 29.1 Å². The van der Waals surface area contributed by atoms with Crippen LogP contribution in [0, 0.1) is 6.92 Å². The van der Waals surface area contributed by atoms with Crippen molar-refractivity contribution < 1.29 is 8.42 Å². The number of sulfone groups is 1. The maximum atomic E-state index is 12.0. The van der Waals surface area contributed by atoms with E-state index in [9.17, 15) is 8.42 Å². The number of anilines is 1. The van der Waals surface area contributed by atoms with Gasteiger partial charge in [-0.15, -0.1) is 0 Å². The predicted octanol–water partition coefficient (Wildman–Crippen LogP) is 2.10. The van der Waals surface area contributed by atoms with Gasteiger partial charge < -0.3 is 5.32 Å². The van der Waals surface area contributed by atoms with Gasteiger partial charge in [0.15, 0.2) is 9.84 Å². The van der Waals surface area contributed by atoms with Crippen LogP contribution in [0.1, 0.15) is 12.5 Å². The van der Waals surface area contributed by atoms with Crippen molar-refractivity contribution in [1.82, 2.24) is 9.78 Å². The van der Waals surface area contributed by atoms with Gasteiger partial charge in [-0.05, 0) is 24.6 Å². The van der Waals surface area contributed by atoms with Gasteiger partial charge in [-0.2, -0.15) is 5.10 Å². The van der Waals surface area contributed by atoms with E-state index in [1.807, 2.05) is 23.9 Å². The second-order valence-corrected chi connectivity index (χ2v) is 6.85. The van der Waals surface area contributed by atoms with Crippen LogP contribution in [0.3, 0.4) is 0 Å². The molecule has 0 bridgehead atoms. The van der Waals surface area contributed by atoms with Gasteiger partial charge in [-0.1, -0.05) is 19.1 Å². The fraction of sp³-hybridized carbons (Fsp3) is 0.357. The Kier molecular flexibility index (Phi) is 4.44. The van der Waals surface area contributed by atoms with E-state index < -0.39 is 9.84 Å². The SMILES string of the molecule is CCS(=O)(=O)c1ccccc1NCCn1cc(C)cn1. The Balaban J connectivity index is 2.06. The molecule has 1 N–H and O–H groups in total. The Morgan fingerprint density at radius 1 is 1.30 bits per heavy atom. The Hall–Kier alpha value is -1.82. The first-order valence-corrected chi connectivity index (χ1v) is 8.23. The maximum absolute atomic E-state index is 12.0. The molecule has 1 aromatic heterocycles. The van der Waals surface area contributed by atoms with Gasteiger partial charge in [0.1, 0.15) is 0 Å². The predicted molar refractivity (Wildman–Crippen MR) is 79.6 cm³/mol. The molecule has 0 radical (unpaired) electrons. The summed E-state index contributed by atoms with van der Waals surface area (Å²) in [6.07, 6.45) is 3.76. The van der Waals surface area contributed by atoms with Crippen LogP contribution in [0.4, 0.5) is 5.69 Å². The first kappa shape index (κ1) is 14.6. The molecule has 108 valence electrons. The molecule has 6 heteroatoms. The highest BCUT2D eigenvalue weighted by molar-refractivity contribution is 7.91. The van der Waals surface area contributed by atoms with Crippen LogP contribution in [0.25, 0.3) is 0 Å². The van der Waals surface area contributed by atoms with Crippen molar-refractivity contribution in [2.45, 2.75) is 25.3 Å². The molecule has 0 spiro atoms. The first-order chi connectivity index (χ1) is 9.53. The summed E-state index contributed by atoms with van der Waals surface area (Å²) in [5.74, 6) is 0.101. The minimum Gasteiger partial charge on any atom is -0.382 e. The number of nitrogens with one attached hydrogen (secondary N) is 1. The van der Waals surface area contributed by atoms with Gasteiger partial charge >= 0.3 is 0 Å². The molecule has 2 rings (SSSR count). The molecule has 0 saturated carbocycles. The monoisotopic (exact) mass is 293 g/mol. The number of aromatic nitrogens is 2. The van der Waals surface area contributed by atoms with Crippen LogP contribution in [0.5, 0.6) is 0 Å². The van der Waals surface area contributed by atoms with Gasteiger partial charge in [0.2, 0.25) is 0 Å². The van der Waals surface area contributed by atoms with Crippen LogP contribution in [0.2, 0.25) is 0 Å². The summed E-state index contributed by atoms with van der Waals surface area (Å²) in [5, 5.41) is 7.36. The summed E-state index contributed by atoms with van der Waals surface area (Å²) in [5.41, 5.74) is 1.76. The van der Waals surface area contributed by atoms with E-state index in [1.165, 1.54) is 0 Å². The van der Waals surface area contributed by atoms with E-state index in [4.69, 9.17) is 0 Å². The molecule has 1 heterocycles. The van der Waals surface area contributed by atoms with Crippen molar-refractivity contribution in [2.24, 2.45) is 0 Å². The summed E-state index contributed by atoms with van der Waals surface area (Å²) < 4.78 is 25.8. The van der Waals surface area contributed by atoms with Gasteiger partial charge in [-0.25, -0.2) is 8.42 Å². The zero-order chi connectivity index (χ0) is 14.6. The minimum absolute atomic E-state index is 0.101. The van der Waals surface area contributed by atoms with Crippen molar-refractivity contribution in [2.75, 3.05) is 17.6 Å². The molecule has 0 fully saturated rings. The number of rotatable bonds is 6. The third-order valence-electron chi connectivity index (χ3n) is 3.02. The van der Waals surface area contributed by atoms with Crippen LogP contribution >= 0.6 is 0 Å². The molecule has 0 amide bonds. The summed E-state index contributed by atoms with van der Waals surface area (Å²) in [7, 11) is -3.20. The second-order valence-electron chi connectivity index (χ2n) is 4.61. The molecular weight excluding hydrogens is 274 g/mol. The summed E-state index contributed by atoms with van der Waals surface area (Å²) in [4.78, 5) is 0.360. The van der Waals surface area contributed by atoms with E-state index in [-0.39, 0.29) is 5.75 Å². The summed E-state index contributed by atoms with van der Waals surface area (Å²) >= 11 is 0. The highest BCUT2D eigenvalue weighted by atomic mass is 32.2. The number of hydrogen-bond acceptors (Lipinski definition) is 4. The highest BCUT2D eigenvalue weighted by Gasteiger charge is 2.15. The van der Waals surface area contributed by atoms with E-state index in [0.29, 0.717) is 23.7 Å². The Labute approximate surface area is 119 Å². The van der Waals surface area contributed by atoms with Crippen molar-refractivity contribution >= 4 is 15.5 Å². The van der Waals surface area contributed by atoms with E-state index in [1.54, 1.807) is 31.3 Å². The summed E-state index contributed by atoms with van der Waals surface area (Å²) in [6.45, 7) is 4.95. The van der Waals surface area contributed by atoms with Gasteiger partial charge in [-0.3, -0.25) is 4.68 Å². The van der Waals surface area contributed by atoms with E-state index in [0.717, 1.165) is 5.56 Å². The van der Waals surface area contributed by atoms with Crippen molar-refractivity contribution in [3.63, 3.8) is 0 Å². The second kappa shape index (κ2) is 6.09. The average molecular weight is 293 g/mol. The zero-order valence-corrected chi connectivity index (χ0v) is 12.5. The molecule has 20 heavy (non-hydrogen) atoms. The molecule has 1 aromatic carbocycles. The summed E-state index contributed by atoms with van der Waals surface area (Å²) in [6, 6.07) is 7.00. The molecule has 2 aromatic rings. The number of aryl methyl sites for hydroxylation is 1. The Bertz CT molecular complexity index is 677. The zero-order valence-electron chi connectivity index (χ0n) is 11.7. The number of hydrogen-bond donors (Lipinski definition) is 1. The number of nitrogens with zero attached hydrogens (tertiary/aromatic N) is 2. The maximum Gasteiger partial charge on any atom is 0.180 e. The third kappa shape index (κ3) is 3.39. The average Bonchev–Trinajstić information content (AvgIpc) is 2.85. The number of para-hydroxylation sites is 1. The first-order valence-electron chi connectivity index (χ1n) is 6.57. The molecule has 0 aliphatic rings. The molecule has 0 saturated heterocycles. The lowest BCUT2D eigenvalue weighted by molar-refractivity contribution is 0.597. The van der Waals surface area contributed by atoms with Crippen molar-refractivity contribution in [3.05, 3.63) is 42.2 Å². The molecule has 0 aliphatic heterocycles. The van der Waals surface area contributed by atoms with E-state index in [2.05, 4.69) is 10.4 Å². The topological polar surface area (TPSA) is 64.0 Å². The third-order valence-corrected chi connectivity index (χ3v) is 4.81. The molecule has 0 atom stereocenters. The number of benzene rings is 1. The molecule has 0 aliphatic carbocycles. The van der Waals surface area contributed by atoms with Crippen molar-refractivity contribution in [1.29, 1.82) is 0 Å². The fourth-order valence-corrected chi connectivity index (χ4v) is 3.01. The van der Waals surface area contributed by atoms with Gasteiger partial charge in [0, 0.05) is 12.7 Å². The lowest BCUT2D eigenvalue weighted by Crippen LogP contribution is -2.14. The Morgan fingerprint density at radius 3 is 2.70 bits per heavy atom.